The largest absolute Gasteiger partial charge is 0.484 e. The fourth-order valence-corrected chi connectivity index (χ4v) is 1.75. The standard InChI is InChI=1S/C16H24N2O3/c1-5-13-6-8-14(9-7-13)21-11-16(20)18(4)10-15(19)17-12(2)3/h6-9,12H,5,10-11H2,1-4H3,(H,17,19). The van der Waals surface area contributed by atoms with Crippen molar-refractivity contribution in [1.82, 2.24) is 10.2 Å². The van der Waals surface area contributed by atoms with E-state index in [1.54, 1.807) is 7.05 Å². The fourth-order valence-electron chi connectivity index (χ4n) is 1.75. The number of ether oxygens (including phenoxy) is 1. The molecule has 21 heavy (non-hydrogen) atoms. The molecular weight excluding hydrogens is 268 g/mol. The summed E-state index contributed by atoms with van der Waals surface area (Å²) in [7, 11) is 1.59. The van der Waals surface area contributed by atoms with E-state index in [9.17, 15) is 9.59 Å². The molecule has 0 saturated carbocycles. The quantitative estimate of drug-likeness (QED) is 0.830. The van der Waals surface area contributed by atoms with Crippen LogP contribution in [0.25, 0.3) is 0 Å². The van der Waals surface area contributed by atoms with Gasteiger partial charge in [-0.3, -0.25) is 9.59 Å². The van der Waals surface area contributed by atoms with E-state index >= 15 is 0 Å². The van der Waals surface area contributed by atoms with E-state index in [0.29, 0.717) is 5.75 Å². The molecule has 0 saturated heterocycles. The second-order valence-electron chi connectivity index (χ2n) is 5.26. The summed E-state index contributed by atoms with van der Waals surface area (Å²) in [5, 5.41) is 2.74. The third-order valence-corrected chi connectivity index (χ3v) is 2.95. The van der Waals surface area contributed by atoms with Crippen LogP contribution >= 0.6 is 0 Å². The van der Waals surface area contributed by atoms with Gasteiger partial charge in [0.15, 0.2) is 6.61 Å². The minimum Gasteiger partial charge on any atom is -0.484 e. The number of benzene rings is 1. The number of likely N-dealkylation sites (N-methyl/N-ethyl adjacent to an activating group) is 1. The Hall–Kier alpha value is -2.04. The van der Waals surface area contributed by atoms with E-state index in [4.69, 9.17) is 4.74 Å². The van der Waals surface area contributed by atoms with Crippen LogP contribution in [0.15, 0.2) is 24.3 Å². The maximum atomic E-state index is 11.9. The Kier molecular flexibility index (Phi) is 6.72. The molecule has 0 bridgehead atoms. The normalized spacial score (nSPS) is 10.3. The van der Waals surface area contributed by atoms with Crippen molar-refractivity contribution < 1.29 is 14.3 Å². The van der Waals surface area contributed by atoms with Crippen molar-refractivity contribution in [3.8, 4) is 5.75 Å². The van der Waals surface area contributed by atoms with Crippen LogP contribution in [0.5, 0.6) is 5.75 Å². The molecule has 0 spiro atoms. The molecule has 0 aromatic heterocycles. The summed E-state index contributed by atoms with van der Waals surface area (Å²) in [4.78, 5) is 24.8. The maximum absolute atomic E-state index is 11.9. The number of nitrogens with one attached hydrogen (secondary N) is 1. The van der Waals surface area contributed by atoms with E-state index in [0.717, 1.165) is 6.42 Å². The summed E-state index contributed by atoms with van der Waals surface area (Å²) in [5.74, 6) is 0.252. The lowest BCUT2D eigenvalue weighted by Gasteiger charge is -2.18. The first-order valence-electron chi connectivity index (χ1n) is 7.17. The number of hydrogen-bond acceptors (Lipinski definition) is 3. The minimum absolute atomic E-state index is 0.0369. The average Bonchev–Trinajstić information content (AvgIpc) is 2.44. The molecule has 1 aromatic carbocycles. The van der Waals surface area contributed by atoms with Gasteiger partial charge < -0.3 is 15.0 Å². The number of amides is 2. The van der Waals surface area contributed by atoms with Gasteiger partial charge in [0.2, 0.25) is 5.91 Å². The SMILES string of the molecule is CCc1ccc(OCC(=O)N(C)CC(=O)NC(C)C)cc1. The molecule has 1 N–H and O–H groups in total. The molecule has 0 atom stereocenters. The van der Waals surface area contributed by atoms with E-state index in [-0.39, 0.29) is 31.0 Å². The van der Waals surface area contributed by atoms with Gasteiger partial charge in [0.05, 0.1) is 6.54 Å². The molecular formula is C16H24N2O3. The van der Waals surface area contributed by atoms with Crippen molar-refractivity contribution in [1.29, 1.82) is 0 Å². The fraction of sp³-hybridized carbons (Fsp3) is 0.500. The van der Waals surface area contributed by atoms with Crippen LogP contribution in [0.4, 0.5) is 0 Å². The van der Waals surface area contributed by atoms with Crippen molar-refractivity contribution in [3.63, 3.8) is 0 Å². The van der Waals surface area contributed by atoms with Crippen LogP contribution in [0.3, 0.4) is 0 Å². The first-order chi connectivity index (χ1) is 9.92. The third kappa shape index (κ3) is 6.29. The highest BCUT2D eigenvalue weighted by atomic mass is 16.5. The summed E-state index contributed by atoms with van der Waals surface area (Å²) in [5.41, 5.74) is 1.22. The van der Waals surface area contributed by atoms with Crippen LogP contribution in [0.2, 0.25) is 0 Å². The highest BCUT2D eigenvalue weighted by Gasteiger charge is 2.14. The van der Waals surface area contributed by atoms with E-state index in [1.165, 1.54) is 10.5 Å². The first kappa shape index (κ1) is 17.0. The summed E-state index contributed by atoms with van der Waals surface area (Å²) in [6, 6.07) is 7.70. The lowest BCUT2D eigenvalue weighted by atomic mass is 10.2. The molecule has 1 aromatic rings. The summed E-state index contributed by atoms with van der Waals surface area (Å²) >= 11 is 0. The zero-order chi connectivity index (χ0) is 15.8. The Morgan fingerprint density at radius 1 is 1.24 bits per heavy atom. The summed E-state index contributed by atoms with van der Waals surface area (Å²) in [6.45, 7) is 5.80. The maximum Gasteiger partial charge on any atom is 0.260 e. The number of nitrogens with zero attached hydrogens (tertiary/aromatic N) is 1. The average molecular weight is 292 g/mol. The van der Waals surface area contributed by atoms with Crippen molar-refractivity contribution in [3.05, 3.63) is 29.8 Å². The van der Waals surface area contributed by atoms with Gasteiger partial charge in [-0.05, 0) is 38.0 Å². The lowest BCUT2D eigenvalue weighted by molar-refractivity contribution is -0.136. The second-order valence-corrected chi connectivity index (χ2v) is 5.26. The van der Waals surface area contributed by atoms with E-state index in [2.05, 4.69) is 12.2 Å². The van der Waals surface area contributed by atoms with E-state index < -0.39 is 0 Å². The molecule has 116 valence electrons. The number of hydrogen-bond donors (Lipinski definition) is 1. The Labute approximate surface area is 126 Å². The number of aryl methyl sites for hydroxylation is 1. The first-order valence-corrected chi connectivity index (χ1v) is 7.17. The minimum atomic E-state index is -0.228. The Bertz CT molecular complexity index is 469. The monoisotopic (exact) mass is 292 g/mol. The van der Waals surface area contributed by atoms with Gasteiger partial charge in [-0.2, -0.15) is 0 Å². The van der Waals surface area contributed by atoms with Gasteiger partial charge in [-0.25, -0.2) is 0 Å². The van der Waals surface area contributed by atoms with Gasteiger partial charge in [0.1, 0.15) is 5.75 Å². The topological polar surface area (TPSA) is 58.6 Å². The Morgan fingerprint density at radius 3 is 2.38 bits per heavy atom. The third-order valence-electron chi connectivity index (χ3n) is 2.95. The van der Waals surface area contributed by atoms with Gasteiger partial charge in [-0.15, -0.1) is 0 Å². The van der Waals surface area contributed by atoms with Crippen LogP contribution in [-0.4, -0.2) is 43.0 Å². The van der Waals surface area contributed by atoms with Crippen molar-refractivity contribution in [2.45, 2.75) is 33.2 Å². The molecule has 5 heteroatoms. The van der Waals surface area contributed by atoms with Crippen molar-refractivity contribution in [2.24, 2.45) is 0 Å². The molecule has 0 heterocycles. The van der Waals surface area contributed by atoms with Crippen LogP contribution in [0, 0.1) is 0 Å². The zero-order valence-corrected chi connectivity index (χ0v) is 13.2. The highest BCUT2D eigenvalue weighted by Crippen LogP contribution is 2.12. The molecule has 0 aliphatic carbocycles. The Balaban J connectivity index is 2.39. The smallest absolute Gasteiger partial charge is 0.260 e. The Morgan fingerprint density at radius 2 is 1.86 bits per heavy atom. The zero-order valence-electron chi connectivity index (χ0n) is 13.2. The van der Waals surface area contributed by atoms with Crippen LogP contribution in [0.1, 0.15) is 26.3 Å². The lowest BCUT2D eigenvalue weighted by Crippen LogP contribution is -2.42. The number of carbonyl (C=O) groups excluding carboxylic acids is 2. The molecule has 2 amide bonds. The van der Waals surface area contributed by atoms with Crippen molar-refractivity contribution >= 4 is 11.8 Å². The molecule has 0 radical (unpaired) electrons. The van der Waals surface area contributed by atoms with Gasteiger partial charge >= 0.3 is 0 Å². The predicted molar refractivity (Wildman–Crippen MR) is 82.2 cm³/mol. The van der Waals surface area contributed by atoms with Gasteiger partial charge in [0.25, 0.3) is 5.91 Å². The van der Waals surface area contributed by atoms with Gasteiger partial charge in [-0.1, -0.05) is 19.1 Å². The van der Waals surface area contributed by atoms with Crippen molar-refractivity contribution in [2.75, 3.05) is 20.2 Å². The molecule has 5 nitrogen and oxygen atoms in total. The number of rotatable bonds is 7. The molecule has 0 aliphatic heterocycles. The molecule has 0 fully saturated rings. The van der Waals surface area contributed by atoms with Crippen LogP contribution in [-0.2, 0) is 16.0 Å². The summed E-state index contributed by atoms with van der Waals surface area (Å²) in [6.07, 6.45) is 0.965. The van der Waals surface area contributed by atoms with E-state index in [1.807, 2.05) is 38.1 Å². The highest BCUT2D eigenvalue weighted by molar-refractivity contribution is 5.85. The molecule has 0 unspecified atom stereocenters. The van der Waals surface area contributed by atoms with Crippen LogP contribution < -0.4 is 10.1 Å². The molecule has 0 aliphatic rings. The molecule has 1 rings (SSSR count). The second kappa shape index (κ2) is 8.29. The number of carbonyl (C=O) groups is 2. The van der Waals surface area contributed by atoms with Gasteiger partial charge in [0, 0.05) is 13.1 Å². The predicted octanol–water partition coefficient (Wildman–Crippen LogP) is 1.61. The summed E-state index contributed by atoms with van der Waals surface area (Å²) < 4.78 is 5.43.